The van der Waals surface area contributed by atoms with Crippen molar-refractivity contribution in [2.75, 3.05) is 26.2 Å². The molecule has 16 heavy (non-hydrogen) atoms. The third kappa shape index (κ3) is 4.96. The molecule has 1 aliphatic heterocycles. The summed E-state index contributed by atoms with van der Waals surface area (Å²) in [5, 5.41) is 0. The van der Waals surface area contributed by atoms with E-state index in [9.17, 15) is 4.79 Å². The van der Waals surface area contributed by atoms with Gasteiger partial charge in [-0.3, -0.25) is 4.79 Å². The van der Waals surface area contributed by atoms with Crippen LogP contribution in [0.25, 0.3) is 0 Å². The molecule has 0 N–H and O–H groups in total. The van der Waals surface area contributed by atoms with Gasteiger partial charge in [-0.15, -0.1) is 0 Å². The Morgan fingerprint density at radius 2 is 1.44 bits per heavy atom. The number of hydrogen-bond donors (Lipinski definition) is 0. The summed E-state index contributed by atoms with van der Waals surface area (Å²) in [6.45, 7) is 9.32. The predicted molar refractivity (Wildman–Crippen MR) is 63.8 cm³/mol. The lowest BCUT2D eigenvalue weighted by atomic mass is 10.0. The summed E-state index contributed by atoms with van der Waals surface area (Å²) < 4.78 is 1.23. The number of piperidine rings is 1. The van der Waals surface area contributed by atoms with Gasteiger partial charge in [-0.05, 0) is 12.8 Å². The number of hydrogen-bond acceptors (Lipinski definition) is 1. The molecule has 1 aliphatic rings. The van der Waals surface area contributed by atoms with E-state index in [2.05, 4.69) is 13.8 Å². The molecule has 3 heteroatoms. The first-order chi connectivity index (χ1) is 7.22. The van der Waals surface area contributed by atoms with Crippen molar-refractivity contribution in [3.8, 4) is 0 Å². The SMILES string of the molecule is CCCC[N+]1(CCCC)CCC(=O)CC1.[Br-]. The minimum absolute atomic E-state index is 0. The summed E-state index contributed by atoms with van der Waals surface area (Å²) in [5.74, 6) is 0.483. The summed E-state index contributed by atoms with van der Waals surface area (Å²) in [6, 6.07) is 0. The first-order valence-corrected chi connectivity index (χ1v) is 6.59. The number of rotatable bonds is 6. The smallest absolute Gasteiger partial charge is 0.144 e. The number of carbonyl (C=O) groups is 1. The number of Topliss-reactive ketones (excluding diaryl/α,β-unsaturated/α-hetero) is 1. The van der Waals surface area contributed by atoms with E-state index in [1.165, 1.54) is 43.3 Å². The highest BCUT2D eigenvalue weighted by Gasteiger charge is 2.31. The molecule has 0 spiro atoms. The van der Waals surface area contributed by atoms with Crippen molar-refractivity contribution in [1.82, 2.24) is 0 Å². The number of halogens is 1. The zero-order chi connectivity index (χ0) is 11.1. The first-order valence-electron chi connectivity index (χ1n) is 6.59. The molecule has 0 bridgehead atoms. The van der Waals surface area contributed by atoms with Crippen LogP contribution in [0.2, 0.25) is 0 Å². The summed E-state index contributed by atoms with van der Waals surface area (Å²) in [7, 11) is 0. The number of quaternary nitrogens is 1. The van der Waals surface area contributed by atoms with Gasteiger partial charge in [0.2, 0.25) is 0 Å². The van der Waals surface area contributed by atoms with E-state index in [0.717, 1.165) is 25.9 Å². The van der Waals surface area contributed by atoms with Crippen molar-refractivity contribution in [2.45, 2.75) is 52.4 Å². The second kappa shape index (κ2) is 8.24. The Morgan fingerprint density at radius 3 is 1.81 bits per heavy atom. The van der Waals surface area contributed by atoms with Crippen LogP contribution < -0.4 is 17.0 Å². The lowest BCUT2D eigenvalue weighted by Gasteiger charge is -2.41. The van der Waals surface area contributed by atoms with Crippen LogP contribution in [-0.2, 0) is 4.79 Å². The minimum atomic E-state index is 0. The molecule has 1 rings (SSSR count). The van der Waals surface area contributed by atoms with E-state index in [1.807, 2.05) is 0 Å². The average molecular weight is 292 g/mol. The van der Waals surface area contributed by atoms with Crippen LogP contribution in [0.5, 0.6) is 0 Å². The fraction of sp³-hybridized carbons (Fsp3) is 0.923. The fourth-order valence-electron chi connectivity index (χ4n) is 2.51. The Kier molecular flexibility index (Phi) is 8.29. The molecule has 0 unspecified atom stereocenters. The number of ketones is 1. The average Bonchev–Trinajstić information content (AvgIpc) is 2.27. The Balaban J connectivity index is 0.00000225. The topological polar surface area (TPSA) is 17.1 Å². The minimum Gasteiger partial charge on any atom is -1.00 e. The lowest BCUT2D eigenvalue weighted by Crippen LogP contribution is -3.00. The normalized spacial score (nSPS) is 19.2. The van der Waals surface area contributed by atoms with E-state index in [0.29, 0.717) is 5.78 Å². The number of carbonyl (C=O) groups excluding carboxylic acids is 1. The van der Waals surface area contributed by atoms with Crippen molar-refractivity contribution in [2.24, 2.45) is 0 Å². The molecule has 2 nitrogen and oxygen atoms in total. The quantitative estimate of drug-likeness (QED) is 0.618. The highest BCUT2D eigenvalue weighted by Crippen LogP contribution is 2.19. The van der Waals surface area contributed by atoms with Crippen molar-refractivity contribution >= 4 is 5.78 Å². The standard InChI is InChI=1S/C13H26NO.BrH/c1-3-5-9-14(10-6-4-2)11-7-13(15)8-12-14;/h3-12H2,1-2H3;1H/q+1;/p-1. The molecule has 96 valence electrons. The van der Waals surface area contributed by atoms with Crippen LogP contribution >= 0.6 is 0 Å². The van der Waals surface area contributed by atoms with Gasteiger partial charge in [0.15, 0.2) is 0 Å². The van der Waals surface area contributed by atoms with E-state index in [-0.39, 0.29) is 17.0 Å². The highest BCUT2D eigenvalue weighted by atomic mass is 79.9. The second-order valence-corrected chi connectivity index (χ2v) is 4.98. The van der Waals surface area contributed by atoms with Gasteiger partial charge in [-0.25, -0.2) is 0 Å². The number of unbranched alkanes of at least 4 members (excludes halogenated alkanes) is 2. The van der Waals surface area contributed by atoms with E-state index in [4.69, 9.17) is 0 Å². The Bertz CT molecular complexity index is 186. The Morgan fingerprint density at radius 1 is 1.00 bits per heavy atom. The Hall–Kier alpha value is 0.110. The van der Waals surface area contributed by atoms with Crippen LogP contribution in [0.4, 0.5) is 0 Å². The predicted octanol–water partition coefficient (Wildman–Crippen LogP) is -0.230. The molecular weight excluding hydrogens is 266 g/mol. The molecule has 0 radical (unpaired) electrons. The highest BCUT2D eigenvalue weighted by molar-refractivity contribution is 5.78. The van der Waals surface area contributed by atoms with Gasteiger partial charge in [0, 0.05) is 0 Å². The van der Waals surface area contributed by atoms with Gasteiger partial charge in [-0.1, -0.05) is 26.7 Å². The molecule has 0 aromatic rings. The number of nitrogens with zero attached hydrogens (tertiary/aromatic N) is 1. The number of likely N-dealkylation sites (tertiary alicyclic amines) is 1. The van der Waals surface area contributed by atoms with Gasteiger partial charge >= 0.3 is 0 Å². The Labute approximate surface area is 111 Å². The van der Waals surface area contributed by atoms with Gasteiger partial charge in [-0.2, -0.15) is 0 Å². The molecular formula is C13H26BrNO. The van der Waals surface area contributed by atoms with Gasteiger partial charge < -0.3 is 21.5 Å². The van der Waals surface area contributed by atoms with Crippen molar-refractivity contribution in [3.63, 3.8) is 0 Å². The van der Waals surface area contributed by atoms with Crippen molar-refractivity contribution in [3.05, 3.63) is 0 Å². The van der Waals surface area contributed by atoms with Crippen molar-refractivity contribution in [1.29, 1.82) is 0 Å². The maximum Gasteiger partial charge on any atom is 0.144 e. The third-order valence-electron chi connectivity index (χ3n) is 3.70. The molecule has 0 amide bonds. The third-order valence-corrected chi connectivity index (χ3v) is 3.70. The van der Waals surface area contributed by atoms with Crippen LogP contribution in [0.3, 0.4) is 0 Å². The van der Waals surface area contributed by atoms with Crippen molar-refractivity contribution < 1.29 is 26.3 Å². The van der Waals surface area contributed by atoms with Gasteiger partial charge in [0.05, 0.1) is 39.0 Å². The molecule has 0 aliphatic carbocycles. The molecule has 0 aromatic carbocycles. The van der Waals surface area contributed by atoms with Gasteiger partial charge in [0.25, 0.3) is 0 Å². The summed E-state index contributed by atoms with van der Waals surface area (Å²) in [4.78, 5) is 11.3. The van der Waals surface area contributed by atoms with Gasteiger partial charge in [0.1, 0.15) is 5.78 Å². The van der Waals surface area contributed by atoms with E-state index in [1.54, 1.807) is 0 Å². The van der Waals surface area contributed by atoms with E-state index < -0.39 is 0 Å². The van der Waals surface area contributed by atoms with Crippen LogP contribution in [0, 0.1) is 0 Å². The molecule has 0 atom stereocenters. The maximum atomic E-state index is 11.3. The zero-order valence-corrected chi connectivity index (χ0v) is 12.4. The van der Waals surface area contributed by atoms with Crippen LogP contribution in [0.1, 0.15) is 52.4 Å². The second-order valence-electron chi connectivity index (χ2n) is 4.98. The zero-order valence-electron chi connectivity index (χ0n) is 10.8. The monoisotopic (exact) mass is 291 g/mol. The molecule has 1 saturated heterocycles. The molecule has 0 aromatic heterocycles. The fourth-order valence-corrected chi connectivity index (χ4v) is 2.51. The van der Waals surface area contributed by atoms with E-state index >= 15 is 0 Å². The molecule has 1 fully saturated rings. The van der Waals surface area contributed by atoms with Crippen LogP contribution in [0.15, 0.2) is 0 Å². The summed E-state index contributed by atoms with van der Waals surface area (Å²) in [5.41, 5.74) is 0. The summed E-state index contributed by atoms with van der Waals surface area (Å²) >= 11 is 0. The first kappa shape index (κ1) is 16.1. The molecule has 1 heterocycles. The largest absolute Gasteiger partial charge is 1.00 e. The lowest BCUT2D eigenvalue weighted by molar-refractivity contribution is -0.929. The summed E-state index contributed by atoms with van der Waals surface area (Å²) in [6.07, 6.45) is 6.84. The van der Waals surface area contributed by atoms with Crippen LogP contribution in [-0.4, -0.2) is 36.4 Å². The maximum absolute atomic E-state index is 11.3. The molecule has 0 saturated carbocycles.